The highest BCUT2D eigenvalue weighted by molar-refractivity contribution is 5.19. The fraction of sp³-hybridized carbons (Fsp3) is 0.323. The summed E-state index contributed by atoms with van der Waals surface area (Å²) < 4.78 is 75.2. The van der Waals surface area contributed by atoms with Gasteiger partial charge in [-0.25, -0.2) is 0 Å². The second kappa shape index (κ2) is 28.0. The van der Waals surface area contributed by atoms with Crippen molar-refractivity contribution in [1.29, 1.82) is 0 Å². The Morgan fingerprint density at radius 3 is 0.863 bits per heavy atom. The van der Waals surface area contributed by atoms with Crippen LogP contribution >= 0.6 is 0 Å². The minimum atomic E-state index is -0.999. The molecule has 10 atom stereocenters. The van der Waals surface area contributed by atoms with E-state index in [4.69, 9.17) is 52.1 Å². The first-order chi connectivity index (χ1) is 36.2. The molecule has 7 aromatic carbocycles. The van der Waals surface area contributed by atoms with Crippen LogP contribution in [0.15, 0.2) is 212 Å². The number of ether oxygens (including phenoxy) is 11. The van der Waals surface area contributed by atoms with Crippen molar-refractivity contribution in [2.24, 2.45) is 0 Å². The molecule has 380 valence electrons. The summed E-state index contributed by atoms with van der Waals surface area (Å²) in [5, 5.41) is 0. The molecule has 2 aliphatic heterocycles. The van der Waals surface area contributed by atoms with Gasteiger partial charge in [-0.15, -0.1) is 0 Å². The largest absolute Gasteiger partial charge is 0.374 e. The van der Waals surface area contributed by atoms with Gasteiger partial charge in [-0.3, -0.25) is 0 Å². The molecule has 0 saturated carbocycles. The molecule has 0 N–H and O–H groups in total. The Labute approximate surface area is 429 Å². The molecule has 2 saturated heterocycles. The van der Waals surface area contributed by atoms with Crippen molar-refractivity contribution >= 4 is 0 Å². The molecule has 0 spiro atoms. The fourth-order valence-corrected chi connectivity index (χ4v) is 9.14. The molecule has 0 aliphatic carbocycles. The Morgan fingerprint density at radius 2 is 0.534 bits per heavy atom. The van der Waals surface area contributed by atoms with Crippen molar-refractivity contribution in [2.75, 3.05) is 20.3 Å². The van der Waals surface area contributed by atoms with Crippen molar-refractivity contribution in [2.45, 2.75) is 108 Å². The van der Waals surface area contributed by atoms with E-state index < -0.39 is 61.4 Å². The molecular formula is C62H66O11. The molecule has 2 heterocycles. The summed E-state index contributed by atoms with van der Waals surface area (Å²) in [6, 6.07) is 70.4. The summed E-state index contributed by atoms with van der Waals surface area (Å²) in [4.78, 5) is 0. The average Bonchev–Trinajstić information content (AvgIpc) is 3.45. The van der Waals surface area contributed by atoms with E-state index in [2.05, 4.69) is 0 Å². The van der Waals surface area contributed by atoms with Crippen molar-refractivity contribution in [3.8, 4) is 0 Å². The minimum absolute atomic E-state index is 0.00960. The van der Waals surface area contributed by atoms with Gasteiger partial charge in [0.25, 0.3) is 0 Å². The Morgan fingerprint density at radius 1 is 0.274 bits per heavy atom. The van der Waals surface area contributed by atoms with Crippen molar-refractivity contribution in [3.63, 3.8) is 0 Å². The first-order valence-electron chi connectivity index (χ1n) is 25.2. The molecule has 11 nitrogen and oxygen atoms in total. The molecule has 0 amide bonds. The van der Waals surface area contributed by atoms with E-state index in [0.29, 0.717) is 26.4 Å². The quantitative estimate of drug-likeness (QED) is 0.0518. The van der Waals surface area contributed by atoms with Gasteiger partial charge in [0.2, 0.25) is 0 Å². The lowest BCUT2D eigenvalue weighted by molar-refractivity contribution is -0.351. The van der Waals surface area contributed by atoms with Crippen LogP contribution in [0.5, 0.6) is 0 Å². The highest BCUT2D eigenvalue weighted by Gasteiger charge is 2.52. The lowest BCUT2D eigenvalue weighted by atomic mass is 9.96. The average molecular weight is 987 g/mol. The number of hydrogen-bond acceptors (Lipinski definition) is 11. The van der Waals surface area contributed by atoms with Gasteiger partial charge in [-0.2, -0.15) is 0 Å². The van der Waals surface area contributed by atoms with Crippen LogP contribution < -0.4 is 0 Å². The molecule has 2 fully saturated rings. The highest BCUT2D eigenvalue weighted by atomic mass is 16.7. The third kappa shape index (κ3) is 15.3. The van der Waals surface area contributed by atoms with Gasteiger partial charge in [0.1, 0.15) is 48.8 Å². The summed E-state index contributed by atoms with van der Waals surface area (Å²) in [5.41, 5.74) is 7.00. The minimum Gasteiger partial charge on any atom is -0.374 e. The number of benzene rings is 7. The predicted molar refractivity (Wildman–Crippen MR) is 276 cm³/mol. The topological polar surface area (TPSA) is 102 Å². The molecule has 9 rings (SSSR count). The summed E-state index contributed by atoms with van der Waals surface area (Å²) in [6.45, 7) is 2.25. The van der Waals surface area contributed by atoms with E-state index in [1.54, 1.807) is 7.11 Å². The number of methoxy groups -OCH3 is 1. The second-order valence-electron chi connectivity index (χ2n) is 18.2. The maximum absolute atomic E-state index is 7.10. The van der Waals surface area contributed by atoms with Crippen LogP contribution in [-0.4, -0.2) is 81.7 Å². The normalized spacial score (nSPS) is 24.0. The van der Waals surface area contributed by atoms with E-state index >= 15 is 0 Å². The van der Waals surface area contributed by atoms with Gasteiger partial charge in [-0.1, -0.05) is 212 Å². The van der Waals surface area contributed by atoms with Gasteiger partial charge < -0.3 is 52.1 Å². The maximum atomic E-state index is 7.10. The summed E-state index contributed by atoms with van der Waals surface area (Å²) >= 11 is 0. The Balaban J connectivity index is 1.05. The molecule has 2 aliphatic rings. The molecule has 73 heavy (non-hydrogen) atoms. The Hall–Kier alpha value is -5.90. The maximum Gasteiger partial charge on any atom is 0.187 e. The fourth-order valence-electron chi connectivity index (χ4n) is 9.14. The molecule has 7 aromatic rings. The van der Waals surface area contributed by atoms with Gasteiger partial charge in [0.15, 0.2) is 12.6 Å². The first-order valence-corrected chi connectivity index (χ1v) is 25.2. The monoisotopic (exact) mass is 986 g/mol. The zero-order chi connectivity index (χ0) is 49.7. The lowest BCUT2D eigenvalue weighted by Crippen LogP contribution is -2.64. The SMILES string of the molecule is CO[C@H]1O[C@H](CO[C@H]2O[C@H](COCc3ccccc3)[C@@H](OCc3ccccc3)[C@H](OCc3ccccc3)[C@@H]2OCc2ccccc2)[C@@H](OCc2ccccc2)[C@H](OCc2ccccc2)[C@H]1OCc1ccccc1. The molecule has 0 aromatic heterocycles. The summed E-state index contributed by atoms with van der Waals surface area (Å²) in [6.07, 6.45) is -7.47. The van der Waals surface area contributed by atoms with E-state index in [0.717, 1.165) is 38.9 Å². The van der Waals surface area contributed by atoms with Crippen LogP contribution in [0, 0.1) is 0 Å². The highest BCUT2D eigenvalue weighted by Crippen LogP contribution is 2.35. The van der Waals surface area contributed by atoms with Crippen LogP contribution in [0.25, 0.3) is 0 Å². The number of hydrogen-bond donors (Lipinski definition) is 0. The van der Waals surface area contributed by atoms with Crippen LogP contribution in [-0.2, 0) is 98.4 Å². The van der Waals surface area contributed by atoms with E-state index in [9.17, 15) is 0 Å². The zero-order valence-electron chi connectivity index (χ0n) is 41.3. The summed E-state index contributed by atoms with van der Waals surface area (Å²) in [7, 11) is 1.61. The van der Waals surface area contributed by atoms with Crippen LogP contribution in [0.4, 0.5) is 0 Å². The van der Waals surface area contributed by atoms with Crippen molar-refractivity contribution in [3.05, 3.63) is 251 Å². The van der Waals surface area contributed by atoms with Crippen molar-refractivity contribution in [1.82, 2.24) is 0 Å². The Kier molecular flexibility index (Phi) is 19.9. The smallest absolute Gasteiger partial charge is 0.187 e. The van der Waals surface area contributed by atoms with Gasteiger partial charge in [0.05, 0.1) is 59.5 Å². The van der Waals surface area contributed by atoms with E-state index in [1.165, 1.54) is 0 Å². The third-order valence-electron chi connectivity index (χ3n) is 12.9. The van der Waals surface area contributed by atoms with Crippen LogP contribution in [0.1, 0.15) is 38.9 Å². The van der Waals surface area contributed by atoms with E-state index in [1.807, 2.05) is 212 Å². The van der Waals surface area contributed by atoms with Crippen LogP contribution in [0.3, 0.4) is 0 Å². The van der Waals surface area contributed by atoms with Gasteiger partial charge in [0, 0.05) is 7.11 Å². The molecular weight excluding hydrogens is 921 g/mol. The molecule has 11 heteroatoms. The standard InChI is InChI=1S/C62H66O11/c1-63-61-59(69-42-51-33-19-7-20-34-51)57(67-40-49-29-15-5-16-30-49)56(66-39-48-27-13-4-14-28-48)54(72-61)45-71-62-60(70-43-52-35-21-8-22-36-52)58(68-41-50-31-17-6-18-32-50)55(65-38-47-25-11-3-12-26-47)53(73-62)44-64-37-46-23-9-2-10-24-46/h2-36,53-62H,37-45H2,1H3/t53-,54-,55-,56-,57+,58+,59-,60+,61+,62+/m1/s1. The lowest BCUT2D eigenvalue weighted by Gasteiger charge is -2.48. The second-order valence-corrected chi connectivity index (χ2v) is 18.2. The molecule has 0 bridgehead atoms. The Bertz CT molecular complexity index is 2560. The van der Waals surface area contributed by atoms with Gasteiger partial charge >= 0.3 is 0 Å². The summed E-state index contributed by atoms with van der Waals surface area (Å²) in [5.74, 6) is 0. The predicted octanol–water partition coefficient (Wildman–Crippen LogP) is 10.8. The van der Waals surface area contributed by atoms with E-state index in [-0.39, 0.29) is 33.0 Å². The third-order valence-corrected chi connectivity index (χ3v) is 12.9. The van der Waals surface area contributed by atoms with Gasteiger partial charge in [-0.05, 0) is 38.9 Å². The first kappa shape index (κ1) is 52.0. The van der Waals surface area contributed by atoms with Crippen molar-refractivity contribution < 1.29 is 52.1 Å². The zero-order valence-corrected chi connectivity index (χ0v) is 41.3. The number of rotatable bonds is 26. The molecule has 0 radical (unpaired) electrons. The van der Waals surface area contributed by atoms with Crippen LogP contribution in [0.2, 0.25) is 0 Å². The molecule has 0 unspecified atom stereocenters.